The number of piperidine rings is 1. The Kier molecular flexibility index (Phi) is 4.18. The van der Waals surface area contributed by atoms with E-state index in [1.54, 1.807) is 0 Å². The molecule has 2 heterocycles. The number of oxazole rings is 1. The maximum atomic E-state index is 5.54. The molecule has 17 heavy (non-hydrogen) atoms. The van der Waals surface area contributed by atoms with Crippen LogP contribution in [0.2, 0.25) is 0 Å². The second-order valence-electron chi connectivity index (χ2n) is 5.01. The molecule has 4 heteroatoms. The summed E-state index contributed by atoms with van der Waals surface area (Å²) in [4.78, 5) is 6.82. The Bertz CT molecular complexity index is 342. The van der Waals surface area contributed by atoms with Gasteiger partial charge < -0.3 is 14.6 Å². The predicted octanol–water partition coefficient (Wildman–Crippen LogP) is 1.87. The van der Waals surface area contributed by atoms with Crippen LogP contribution >= 0.6 is 0 Å². The van der Waals surface area contributed by atoms with Crippen LogP contribution in [0.1, 0.15) is 36.6 Å². The third kappa shape index (κ3) is 3.30. The summed E-state index contributed by atoms with van der Waals surface area (Å²) in [5.74, 6) is 1.73. The Hall–Kier alpha value is -0.870. The largest absolute Gasteiger partial charge is 0.444 e. The molecule has 0 aromatic carbocycles. The van der Waals surface area contributed by atoms with E-state index in [1.807, 2.05) is 13.8 Å². The number of nitrogens with zero attached hydrogens (tertiary/aromatic N) is 2. The number of likely N-dealkylation sites (tertiary alicyclic amines) is 1. The summed E-state index contributed by atoms with van der Waals surface area (Å²) in [6.45, 7) is 6.93. The monoisotopic (exact) mass is 237 g/mol. The van der Waals surface area contributed by atoms with E-state index in [9.17, 15) is 0 Å². The number of aryl methyl sites for hydroxylation is 2. The molecule has 1 aromatic heterocycles. The average Bonchev–Trinajstić information content (AvgIpc) is 2.61. The number of rotatable bonds is 4. The molecule has 1 aromatic rings. The molecule has 4 nitrogen and oxygen atoms in total. The van der Waals surface area contributed by atoms with Gasteiger partial charge in [-0.05, 0) is 40.3 Å². The summed E-state index contributed by atoms with van der Waals surface area (Å²) in [6.07, 6.45) is 3.99. The molecular formula is C13H23N3O. The normalized spacial score (nSPS) is 21.9. The summed E-state index contributed by atoms with van der Waals surface area (Å²) in [6, 6.07) is 0.668. The molecule has 1 unspecified atom stereocenters. The summed E-state index contributed by atoms with van der Waals surface area (Å²) in [5.41, 5.74) is 0.997. The first kappa shape index (κ1) is 12.6. The van der Waals surface area contributed by atoms with Crippen molar-refractivity contribution in [3.63, 3.8) is 0 Å². The molecular weight excluding hydrogens is 214 g/mol. The Morgan fingerprint density at radius 1 is 1.41 bits per heavy atom. The van der Waals surface area contributed by atoms with Gasteiger partial charge >= 0.3 is 0 Å². The molecule has 0 aliphatic carbocycles. The van der Waals surface area contributed by atoms with Crippen LogP contribution < -0.4 is 5.32 Å². The minimum absolute atomic E-state index is 0.668. The van der Waals surface area contributed by atoms with Crippen molar-refractivity contribution in [1.82, 2.24) is 15.2 Å². The van der Waals surface area contributed by atoms with Gasteiger partial charge in [0.2, 0.25) is 5.89 Å². The van der Waals surface area contributed by atoms with E-state index in [2.05, 4.69) is 22.2 Å². The van der Waals surface area contributed by atoms with Crippen LogP contribution in [0.15, 0.2) is 4.42 Å². The van der Waals surface area contributed by atoms with E-state index in [0.717, 1.165) is 30.4 Å². The van der Waals surface area contributed by atoms with Crippen LogP contribution in [-0.2, 0) is 6.54 Å². The highest BCUT2D eigenvalue weighted by atomic mass is 16.4. The van der Waals surface area contributed by atoms with E-state index >= 15 is 0 Å². The molecule has 1 N–H and O–H groups in total. The van der Waals surface area contributed by atoms with Gasteiger partial charge in [-0.3, -0.25) is 0 Å². The van der Waals surface area contributed by atoms with Gasteiger partial charge in [-0.2, -0.15) is 0 Å². The molecule has 0 saturated carbocycles. The van der Waals surface area contributed by atoms with E-state index in [-0.39, 0.29) is 0 Å². The summed E-state index contributed by atoms with van der Waals surface area (Å²) >= 11 is 0. The second kappa shape index (κ2) is 5.65. The van der Waals surface area contributed by atoms with Crippen molar-refractivity contribution < 1.29 is 4.42 Å². The number of hydrogen-bond acceptors (Lipinski definition) is 4. The standard InChI is InChI=1S/C13H23N3O/c1-10-11(2)17-13(15-10)9-14-8-12-6-4-5-7-16(12)3/h12,14H,4-9H2,1-3H3. The van der Waals surface area contributed by atoms with Crippen LogP contribution in [0.3, 0.4) is 0 Å². The van der Waals surface area contributed by atoms with Gasteiger partial charge in [-0.1, -0.05) is 6.42 Å². The first-order valence-electron chi connectivity index (χ1n) is 6.50. The summed E-state index contributed by atoms with van der Waals surface area (Å²) in [7, 11) is 2.21. The van der Waals surface area contributed by atoms with Crippen molar-refractivity contribution >= 4 is 0 Å². The fourth-order valence-corrected chi connectivity index (χ4v) is 2.36. The van der Waals surface area contributed by atoms with Gasteiger partial charge in [0.15, 0.2) is 0 Å². The fourth-order valence-electron chi connectivity index (χ4n) is 2.36. The first-order valence-corrected chi connectivity index (χ1v) is 6.50. The first-order chi connectivity index (χ1) is 8.16. The van der Waals surface area contributed by atoms with E-state index in [1.165, 1.54) is 25.8 Å². The van der Waals surface area contributed by atoms with Crippen molar-refractivity contribution in [1.29, 1.82) is 0 Å². The molecule has 1 aliphatic rings. The molecule has 1 atom stereocenters. The molecule has 2 rings (SSSR count). The predicted molar refractivity (Wildman–Crippen MR) is 68.0 cm³/mol. The van der Waals surface area contributed by atoms with Gasteiger partial charge in [-0.25, -0.2) is 4.98 Å². The smallest absolute Gasteiger partial charge is 0.208 e. The molecule has 0 spiro atoms. The lowest BCUT2D eigenvalue weighted by molar-refractivity contribution is 0.180. The van der Waals surface area contributed by atoms with Gasteiger partial charge in [-0.15, -0.1) is 0 Å². The van der Waals surface area contributed by atoms with Crippen molar-refractivity contribution in [2.75, 3.05) is 20.1 Å². The topological polar surface area (TPSA) is 41.3 Å². The van der Waals surface area contributed by atoms with Gasteiger partial charge in [0.25, 0.3) is 0 Å². The number of likely N-dealkylation sites (N-methyl/N-ethyl adjacent to an activating group) is 1. The van der Waals surface area contributed by atoms with E-state index < -0.39 is 0 Å². The van der Waals surface area contributed by atoms with E-state index in [4.69, 9.17) is 4.42 Å². The quantitative estimate of drug-likeness (QED) is 0.868. The highest BCUT2D eigenvalue weighted by Crippen LogP contribution is 2.14. The summed E-state index contributed by atoms with van der Waals surface area (Å²) < 4.78 is 5.54. The molecule has 0 bridgehead atoms. The van der Waals surface area contributed by atoms with Crippen molar-refractivity contribution in [2.45, 2.75) is 45.7 Å². The zero-order valence-electron chi connectivity index (χ0n) is 11.1. The summed E-state index contributed by atoms with van der Waals surface area (Å²) in [5, 5.41) is 3.44. The lowest BCUT2D eigenvalue weighted by Gasteiger charge is -2.32. The lowest BCUT2D eigenvalue weighted by Crippen LogP contribution is -2.42. The van der Waals surface area contributed by atoms with Gasteiger partial charge in [0.05, 0.1) is 12.2 Å². The number of aromatic nitrogens is 1. The van der Waals surface area contributed by atoms with Crippen molar-refractivity contribution in [3.8, 4) is 0 Å². The second-order valence-corrected chi connectivity index (χ2v) is 5.01. The Balaban J connectivity index is 1.75. The van der Waals surface area contributed by atoms with E-state index in [0.29, 0.717) is 6.04 Å². The highest BCUT2D eigenvalue weighted by Gasteiger charge is 2.18. The van der Waals surface area contributed by atoms with Gasteiger partial charge in [0.1, 0.15) is 5.76 Å². The lowest BCUT2D eigenvalue weighted by atomic mass is 10.0. The molecule has 0 amide bonds. The van der Waals surface area contributed by atoms with Crippen LogP contribution in [0.25, 0.3) is 0 Å². The maximum absolute atomic E-state index is 5.54. The number of nitrogens with one attached hydrogen (secondary N) is 1. The molecule has 0 radical (unpaired) electrons. The van der Waals surface area contributed by atoms with Crippen LogP contribution in [0, 0.1) is 13.8 Å². The third-order valence-electron chi connectivity index (χ3n) is 3.65. The molecule has 1 aliphatic heterocycles. The Morgan fingerprint density at radius 2 is 2.24 bits per heavy atom. The SMILES string of the molecule is Cc1nc(CNCC2CCCCN2C)oc1C. The average molecular weight is 237 g/mol. The minimum Gasteiger partial charge on any atom is -0.444 e. The number of hydrogen-bond donors (Lipinski definition) is 1. The van der Waals surface area contributed by atoms with Gasteiger partial charge in [0, 0.05) is 12.6 Å². The fraction of sp³-hybridized carbons (Fsp3) is 0.769. The van der Waals surface area contributed by atoms with Crippen LogP contribution in [-0.4, -0.2) is 36.1 Å². The Labute approximate surface area is 103 Å². The maximum Gasteiger partial charge on any atom is 0.208 e. The Morgan fingerprint density at radius 3 is 2.88 bits per heavy atom. The molecule has 1 fully saturated rings. The van der Waals surface area contributed by atoms with Crippen molar-refractivity contribution in [3.05, 3.63) is 17.3 Å². The molecule has 96 valence electrons. The van der Waals surface area contributed by atoms with Crippen molar-refractivity contribution in [2.24, 2.45) is 0 Å². The third-order valence-corrected chi connectivity index (χ3v) is 3.65. The van der Waals surface area contributed by atoms with Crippen LogP contribution in [0.5, 0.6) is 0 Å². The zero-order chi connectivity index (χ0) is 12.3. The van der Waals surface area contributed by atoms with Crippen LogP contribution in [0.4, 0.5) is 0 Å². The highest BCUT2D eigenvalue weighted by molar-refractivity contribution is 5.05. The zero-order valence-corrected chi connectivity index (χ0v) is 11.1. The molecule has 1 saturated heterocycles. The minimum atomic E-state index is 0.668.